The highest BCUT2D eigenvalue weighted by Gasteiger charge is 2.31. The SMILES string of the molecule is Cc1cc(-c2ncc3cc(C(F)(F)F)ccc3n2)ccc1N1CCn2nc(C(C)O)cc2C1=O. The van der Waals surface area contributed by atoms with E-state index in [-0.39, 0.29) is 5.91 Å². The Labute approximate surface area is 192 Å². The molecule has 0 saturated heterocycles. The summed E-state index contributed by atoms with van der Waals surface area (Å²) in [7, 11) is 0. The van der Waals surface area contributed by atoms with Crippen molar-refractivity contribution in [3.63, 3.8) is 0 Å². The van der Waals surface area contributed by atoms with E-state index in [2.05, 4.69) is 15.1 Å². The molecule has 2 aromatic carbocycles. The molecular formula is C24H20F3N5O2. The van der Waals surface area contributed by atoms with Crippen LogP contribution in [0.5, 0.6) is 0 Å². The van der Waals surface area contributed by atoms with Crippen LogP contribution in [0.1, 0.15) is 40.3 Å². The van der Waals surface area contributed by atoms with Crippen LogP contribution in [0.2, 0.25) is 0 Å². The zero-order chi connectivity index (χ0) is 24.2. The first-order valence-corrected chi connectivity index (χ1v) is 10.6. The summed E-state index contributed by atoms with van der Waals surface area (Å²) >= 11 is 0. The number of aryl methyl sites for hydroxylation is 1. The summed E-state index contributed by atoms with van der Waals surface area (Å²) in [4.78, 5) is 23.4. The Morgan fingerprint density at radius 3 is 2.59 bits per heavy atom. The number of hydrogen-bond donors (Lipinski definition) is 1. The summed E-state index contributed by atoms with van der Waals surface area (Å²) in [6, 6.07) is 10.4. The highest BCUT2D eigenvalue weighted by Crippen LogP contribution is 2.32. The van der Waals surface area contributed by atoms with Gasteiger partial charge in [-0.05, 0) is 61.9 Å². The van der Waals surface area contributed by atoms with Gasteiger partial charge in [0, 0.05) is 29.4 Å². The van der Waals surface area contributed by atoms with Gasteiger partial charge in [-0.3, -0.25) is 9.48 Å². The first kappa shape index (κ1) is 22.0. The molecule has 0 spiro atoms. The molecule has 4 aromatic rings. The van der Waals surface area contributed by atoms with Crippen LogP contribution >= 0.6 is 0 Å². The lowest BCUT2D eigenvalue weighted by Crippen LogP contribution is -2.40. The summed E-state index contributed by atoms with van der Waals surface area (Å²) in [6.45, 7) is 4.41. The first-order chi connectivity index (χ1) is 16.1. The smallest absolute Gasteiger partial charge is 0.387 e. The topological polar surface area (TPSA) is 84.1 Å². The van der Waals surface area contributed by atoms with Crippen LogP contribution in [0.25, 0.3) is 22.3 Å². The number of alkyl halides is 3. The number of aliphatic hydroxyl groups is 1. The van der Waals surface area contributed by atoms with Crippen molar-refractivity contribution in [1.29, 1.82) is 0 Å². The summed E-state index contributed by atoms with van der Waals surface area (Å²) in [5.41, 5.74) is 2.78. The predicted octanol–water partition coefficient (Wildman–Crippen LogP) is 4.53. The number of aromatic nitrogens is 4. The van der Waals surface area contributed by atoms with Crippen LogP contribution in [-0.2, 0) is 12.7 Å². The van der Waals surface area contributed by atoms with Crippen molar-refractivity contribution >= 4 is 22.5 Å². The molecule has 174 valence electrons. The third kappa shape index (κ3) is 3.79. The summed E-state index contributed by atoms with van der Waals surface area (Å²) < 4.78 is 40.5. The minimum Gasteiger partial charge on any atom is -0.387 e. The average molecular weight is 467 g/mol. The molecule has 0 fully saturated rings. The number of fused-ring (bicyclic) bond motifs is 2. The van der Waals surface area contributed by atoms with Crippen molar-refractivity contribution in [3.05, 3.63) is 71.2 Å². The Hall–Kier alpha value is -3.79. The second kappa shape index (κ2) is 7.91. The lowest BCUT2D eigenvalue weighted by molar-refractivity contribution is -0.137. The standard InChI is InChI=1S/C24H20F3N5O2/c1-13-9-15(22-28-12-16-10-17(24(25,26)27)4-5-18(16)29-22)3-6-20(13)31-7-8-32-21(23(31)34)11-19(30-32)14(2)33/h3-6,9-12,14,33H,7-8H2,1-2H3. The molecule has 1 aliphatic rings. The number of benzene rings is 2. The summed E-state index contributed by atoms with van der Waals surface area (Å²) in [5, 5.41) is 14.4. The lowest BCUT2D eigenvalue weighted by atomic mass is 10.1. The van der Waals surface area contributed by atoms with Crippen LogP contribution in [-0.4, -0.2) is 37.3 Å². The van der Waals surface area contributed by atoms with E-state index >= 15 is 0 Å². The van der Waals surface area contributed by atoms with Gasteiger partial charge in [0.05, 0.1) is 29.4 Å². The Morgan fingerprint density at radius 1 is 1.09 bits per heavy atom. The molecule has 1 aliphatic heterocycles. The van der Waals surface area contributed by atoms with Crippen molar-refractivity contribution in [2.45, 2.75) is 32.7 Å². The fourth-order valence-corrected chi connectivity index (χ4v) is 4.09. The second-order valence-electron chi connectivity index (χ2n) is 8.28. The molecule has 7 nitrogen and oxygen atoms in total. The van der Waals surface area contributed by atoms with E-state index in [1.54, 1.807) is 28.6 Å². The molecule has 1 N–H and O–H groups in total. The van der Waals surface area contributed by atoms with Gasteiger partial charge in [0.1, 0.15) is 5.69 Å². The van der Waals surface area contributed by atoms with E-state index in [1.165, 1.54) is 12.3 Å². The van der Waals surface area contributed by atoms with Gasteiger partial charge in [-0.2, -0.15) is 18.3 Å². The highest BCUT2D eigenvalue weighted by molar-refractivity contribution is 6.06. The van der Waals surface area contributed by atoms with Crippen molar-refractivity contribution in [2.75, 3.05) is 11.4 Å². The molecule has 3 heterocycles. The largest absolute Gasteiger partial charge is 0.416 e. The zero-order valence-corrected chi connectivity index (χ0v) is 18.3. The highest BCUT2D eigenvalue weighted by atomic mass is 19.4. The monoisotopic (exact) mass is 467 g/mol. The molecule has 0 aliphatic carbocycles. The van der Waals surface area contributed by atoms with E-state index in [0.717, 1.165) is 23.4 Å². The molecule has 0 bridgehead atoms. The number of carbonyl (C=O) groups is 1. The van der Waals surface area contributed by atoms with Crippen LogP contribution in [0.3, 0.4) is 0 Å². The van der Waals surface area contributed by atoms with Gasteiger partial charge >= 0.3 is 6.18 Å². The van der Waals surface area contributed by atoms with Crippen LogP contribution in [0.15, 0.2) is 48.7 Å². The number of carbonyl (C=O) groups excluding carboxylic acids is 1. The summed E-state index contributed by atoms with van der Waals surface area (Å²) in [6.07, 6.45) is -3.81. The molecule has 34 heavy (non-hydrogen) atoms. The van der Waals surface area contributed by atoms with E-state index in [0.29, 0.717) is 46.8 Å². The maximum Gasteiger partial charge on any atom is 0.416 e. The van der Waals surface area contributed by atoms with E-state index in [9.17, 15) is 23.1 Å². The van der Waals surface area contributed by atoms with Crippen LogP contribution < -0.4 is 4.90 Å². The number of rotatable bonds is 3. The number of amides is 1. The molecular weight excluding hydrogens is 447 g/mol. The fraction of sp³-hybridized carbons (Fsp3) is 0.250. The number of nitrogens with zero attached hydrogens (tertiary/aromatic N) is 5. The Balaban J connectivity index is 1.45. The molecule has 1 atom stereocenters. The molecule has 1 amide bonds. The minimum atomic E-state index is -4.43. The van der Waals surface area contributed by atoms with Gasteiger partial charge in [0.25, 0.3) is 5.91 Å². The first-order valence-electron chi connectivity index (χ1n) is 10.6. The Morgan fingerprint density at radius 2 is 1.88 bits per heavy atom. The zero-order valence-electron chi connectivity index (χ0n) is 18.3. The Bertz CT molecular complexity index is 1430. The quantitative estimate of drug-likeness (QED) is 0.479. The number of aliphatic hydroxyl groups excluding tert-OH is 1. The summed E-state index contributed by atoms with van der Waals surface area (Å²) in [5.74, 6) is 0.176. The van der Waals surface area contributed by atoms with Crippen molar-refractivity contribution in [3.8, 4) is 11.4 Å². The molecule has 0 radical (unpaired) electrons. The van der Waals surface area contributed by atoms with Crippen molar-refractivity contribution < 1.29 is 23.1 Å². The maximum atomic E-state index is 13.1. The predicted molar refractivity (Wildman–Crippen MR) is 119 cm³/mol. The van der Waals surface area contributed by atoms with Crippen molar-refractivity contribution in [2.24, 2.45) is 0 Å². The van der Waals surface area contributed by atoms with E-state index < -0.39 is 17.8 Å². The average Bonchev–Trinajstić information content (AvgIpc) is 3.24. The van der Waals surface area contributed by atoms with Gasteiger partial charge in [-0.25, -0.2) is 9.97 Å². The maximum absolute atomic E-state index is 13.1. The number of anilines is 1. The minimum absolute atomic E-state index is 0.205. The number of hydrogen-bond acceptors (Lipinski definition) is 5. The third-order valence-corrected chi connectivity index (χ3v) is 5.88. The molecule has 10 heteroatoms. The Kier molecular flexibility index (Phi) is 5.12. The molecule has 0 saturated carbocycles. The van der Waals surface area contributed by atoms with Gasteiger partial charge < -0.3 is 10.0 Å². The number of halogens is 3. The molecule has 1 unspecified atom stereocenters. The third-order valence-electron chi connectivity index (χ3n) is 5.88. The van der Waals surface area contributed by atoms with Crippen LogP contribution in [0, 0.1) is 6.92 Å². The van der Waals surface area contributed by atoms with E-state index in [4.69, 9.17) is 0 Å². The van der Waals surface area contributed by atoms with Crippen molar-refractivity contribution in [1.82, 2.24) is 19.7 Å². The van der Waals surface area contributed by atoms with Gasteiger partial charge in [0.2, 0.25) is 0 Å². The normalized spacial score (nSPS) is 15.0. The van der Waals surface area contributed by atoms with Gasteiger partial charge in [-0.15, -0.1) is 0 Å². The lowest BCUT2D eigenvalue weighted by Gasteiger charge is -2.29. The molecule has 2 aromatic heterocycles. The van der Waals surface area contributed by atoms with Gasteiger partial charge in [0.15, 0.2) is 5.82 Å². The van der Waals surface area contributed by atoms with Crippen LogP contribution in [0.4, 0.5) is 18.9 Å². The second-order valence-corrected chi connectivity index (χ2v) is 8.28. The van der Waals surface area contributed by atoms with E-state index in [1.807, 2.05) is 19.1 Å². The fourth-order valence-electron chi connectivity index (χ4n) is 4.09. The van der Waals surface area contributed by atoms with Gasteiger partial charge in [-0.1, -0.05) is 0 Å². The molecule has 5 rings (SSSR count).